The zero-order valence-corrected chi connectivity index (χ0v) is 8.46. The molecule has 2 rings (SSSR count). The summed E-state index contributed by atoms with van der Waals surface area (Å²) >= 11 is 0. The van der Waals surface area contributed by atoms with Crippen molar-refractivity contribution in [2.45, 2.75) is 39.0 Å². The Morgan fingerprint density at radius 1 is 1.31 bits per heavy atom. The zero-order chi connectivity index (χ0) is 9.26. The number of fused-ring (bicyclic) bond motifs is 1. The Bertz CT molecular complexity index is 293. The largest absolute Gasteiger partial charge is 0.261 e. The number of hydrogen-bond donors (Lipinski definition) is 0. The van der Waals surface area contributed by atoms with Crippen LogP contribution in [0.3, 0.4) is 0 Å². The molecule has 13 heavy (non-hydrogen) atoms. The fourth-order valence-corrected chi connectivity index (χ4v) is 2.22. The predicted molar refractivity (Wildman–Crippen MR) is 54.8 cm³/mol. The lowest BCUT2D eigenvalue weighted by Crippen LogP contribution is -1.99. The van der Waals surface area contributed by atoms with Crippen molar-refractivity contribution in [3.05, 3.63) is 29.6 Å². The van der Waals surface area contributed by atoms with Gasteiger partial charge >= 0.3 is 0 Å². The summed E-state index contributed by atoms with van der Waals surface area (Å²) in [7, 11) is 0. The van der Waals surface area contributed by atoms with Gasteiger partial charge in [-0.2, -0.15) is 0 Å². The van der Waals surface area contributed by atoms with E-state index < -0.39 is 0 Å². The van der Waals surface area contributed by atoms with Gasteiger partial charge < -0.3 is 0 Å². The van der Waals surface area contributed by atoms with E-state index in [4.69, 9.17) is 0 Å². The van der Waals surface area contributed by atoms with Gasteiger partial charge in [-0.15, -0.1) is 0 Å². The van der Waals surface area contributed by atoms with Crippen LogP contribution in [0.2, 0.25) is 0 Å². The standard InChI is InChI=1S/C12H17N/c1-9-5-6-10(2)12-11(8-9)4-3-7-13-12/h3-4,7,9-10H,5-6,8H2,1-2H3/t9-,10?/m1/s1. The molecule has 0 amide bonds. The Labute approximate surface area is 80.2 Å². The van der Waals surface area contributed by atoms with Gasteiger partial charge in [-0.1, -0.05) is 19.9 Å². The number of hydrogen-bond acceptors (Lipinski definition) is 1. The molecular formula is C12H17N. The molecular weight excluding hydrogens is 158 g/mol. The van der Waals surface area contributed by atoms with Crippen molar-refractivity contribution in [3.8, 4) is 0 Å². The number of nitrogens with zero attached hydrogens (tertiary/aromatic N) is 1. The Balaban J connectivity index is 2.38. The molecule has 70 valence electrons. The van der Waals surface area contributed by atoms with Crippen LogP contribution in [0, 0.1) is 5.92 Å². The van der Waals surface area contributed by atoms with Crippen LogP contribution in [0.25, 0.3) is 0 Å². The quantitative estimate of drug-likeness (QED) is 0.552. The van der Waals surface area contributed by atoms with Crippen LogP contribution < -0.4 is 0 Å². The third-order valence-electron chi connectivity index (χ3n) is 3.05. The van der Waals surface area contributed by atoms with Gasteiger partial charge in [0.2, 0.25) is 0 Å². The summed E-state index contributed by atoms with van der Waals surface area (Å²) in [4.78, 5) is 4.49. The molecule has 1 aromatic rings. The molecule has 0 bridgehead atoms. The molecule has 0 N–H and O–H groups in total. The Kier molecular flexibility index (Phi) is 2.34. The number of aromatic nitrogens is 1. The van der Waals surface area contributed by atoms with Crippen LogP contribution in [-0.2, 0) is 6.42 Å². The van der Waals surface area contributed by atoms with Crippen molar-refractivity contribution < 1.29 is 0 Å². The minimum absolute atomic E-state index is 0.654. The van der Waals surface area contributed by atoms with E-state index in [1.54, 1.807) is 0 Å². The van der Waals surface area contributed by atoms with Gasteiger partial charge in [0.05, 0.1) is 0 Å². The normalized spacial score (nSPS) is 27.8. The predicted octanol–water partition coefficient (Wildman–Crippen LogP) is 3.16. The second kappa shape index (κ2) is 3.49. The van der Waals surface area contributed by atoms with Crippen LogP contribution in [0.1, 0.15) is 43.9 Å². The van der Waals surface area contributed by atoms with Crippen molar-refractivity contribution in [2.24, 2.45) is 5.92 Å². The van der Waals surface area contributed by atoms with Crippen molar-refractivity contribution in [1.29, 1.82) is 0 Å². The number of rotatable bonds is 0. The molecule has 2 atom stereocenters. The van der Waals surface area contributed by atoms with Gasteiger partial charge in [-0.25, -0.2) is 0 Å². The molecule has 0 aliphatic heterocycles. The molecule has 0 saturated carbocycles. The average Bonchev–Trinajstić information content (AvgIpc) is 2.27. The summed E-state index contributed by atoms with van der Waals surface area (Å²) < 4.78 is 0. The minimum atomic E-state index is 0.654. The van der Waals surface area contributed by atoms with Crippen LogP contribution in [0.4, 0.5) is 0 Å². The van der Waals surface area contributed by atoms with Crippen molar-refractivity contribution in [1.82, 2.24) is 4.98 Å². The molecule has 1 aliphatic rings. The Morgan fingerprint density at radius 2 is 2.15 bits per heavy atom. The first-order valence-corrected chi connectivity index (χ1v) is 5.21. The van der Waals surface area contributed by atoms with E-state index in [0.29, 0.717) is 5.92 Å². The highest BCUT2D eigenvalue weighted by molar-refractivity contribution is 5.24. The molecule has 1 unspecified atom stereocenters. The lowest BCUT2D eigenvalue weighted by Gasteiger charge is -2.09. The molecule has 0 fully saturated rings. The summed E-state index contributed by atoms with van der Waals surface area (Å²) in [5.41, 5.74) is 2.81. The second-order valence-electron chi connectivity index (χ2n) is 4.34. The topological polar surface area (TPSA) is 12.9 Å². The maximum Gasteiger partial charge on any atom is 0.0463 e. The Hall–Kier alpha value is -0.850. The first-order valence-electron chi connectivity index (χ1n) is 5.21. The minimum Gasteiger partial charge on any atom is -0.261 e. The molecule has 0 spiro atoms. The third-order valence-corrected chi connectivity index (χ3v) is 3.05. The van der Waals surface area contributed by atoms with E-state index in [9.17, 15) is 0 Å². The average molecular weight is 175 g/mol. The molecule has 1 aromatic heterocycles. The summed E-state index contributed by atoms with van der Waals surface area (Å²) in [6, 6.07) is 4.30. The molecule has 0 saturated heterocycles. The van der Waals surface area contributed by atoms with Crippen LogP contribution in [-0.4, -0.2) is 4.98 Å². The molecule has 1 heteroatoms. The van der Waals surface area contributed by atoms with Gasteiger partial charge in [0.25, 0.3) is 0 Å². The second-order valence-corrected chi connectivity index (χ2v) is 4.34. The summed E-state index contributed by atoms with van der Waals surface area (Å²) in [5, 5.41) is 0. The van der Waals surface area contributed by atoms with Gasteiger partial charge in [0.15, 0.2) is 0 Å². The van der Waals surface area contributed by atoms with E-state index in [0.717, 1.165) is 5.92 Å². The summed E-state index contributed by atoms with van der Waals surface area (Å²) in [6.07, 6.45) is 5.78. The molecule has 0 radical (unpaired) electrons. The van der Waals surface area contributed by atoms with E-state index in [1.165, 1.54) is 30.5 Å². The SMILES string of the molecule is CC1CC[C@@H](C)Cc2cccnc21. The van der Waals surface area contributed by atoms with E-state index >= 15 is 0 Å². The summed E-state index contributed by atoms with van der Waals surface area (Å²) in [5.74, 6) is 1.48. The molecule has 1 heterocycles. The molecule has 1 aliphatic carbocycles. The van der Waals surface area contributed by atoms with E-state index in [1.807, 2.05) is 6.20 Å². The first kappa shape index (κ1) is 8.74. The highest BCUT2D eigenvalue weighted by Crippen LogP contribution is 2.30. The zero-order valence-electron chi connectivity index (χ0n) is 8.46. The van der Waals surface area contributed by atoms with E-state index in [2.05, 4.69) is 31.0 Å². The highest BCUT2D eigenvalue weighted by atomic mass is 14.7. The van der Waals surface area contributed by atoms with Crippen LogP contribution in [0.5, 0.6) is 0 Å². The van der Waals surface area contributed by atoms with Gasteiger partial charge in [-0.05, 0) is 42.7 Å². The number of pyridine rings is 1. The highest BCUT2D eigenvalue weighted by Gasteiger charge is 2.18. The fraction of sp³-hybridized carbons (Fsp3) is 0.583. The van der Waals surface area contributed by atoms with Crippen molar-refractivity contribution >= 4 is 0 Å². The Morgan fingerprint density at radius 3 is 3.00 bits per heavy atom. The van der Waals surface area contributed by atoms with Gasteiger partial charge in [-0.3, -0.25) is 4.98 Å². The van der Waals surface area contributed by atoms with E-state index in [-0.39, 0.29) is 0 Å². The molecule has 1 nitrogen and oxygen atoms in total. The maximum absolute atomic E-state index is 4.49. The lowest BCUT2D eigenvalue weighted by molar-refractivity contribution is 0.503. The van der Waals surface area contributed by atoms with Crippen LogP contribution in [0.15, 0.2) is 18.3 Å². The fourth-order valence-electron chi connectivity index (χ4n) is 2.22. The van der Waals surface area contributed by atoms with Crippen molar-refractivity contribution in [2.75, 3.05) is 0 Å². The summed E-state index contributed by atoms with van der Waals surface area (Å²) in [6.45, 7) is 4.64. The van der Waals surface area contributed by atoms with Crippen molar-refractivity contribution in [3.63, 3.8) is 0 Å². The lowest BCUT2D eigenvalue weighted by atomic mass is 10.0. The monoisotopic (exact) mass is 175 g/mol. The first-order chi connectivity index (χ1) is 6.27. The molecule has 0 aromatic carbocycles. The smallest absolute Gasteiger partial charge is 0.0463 e. The van der Waals surface area contributed by atoms with Gasteiger partial charge in [0, 0.05) is 11.9 Å². The van der Waals surface area contributed by atoms with Crippen LogP contribution >= 0.6 is 0 Å². The maximum atomic E-state index is 4.49. The third kappa shape index (κ3) is 1.74. The van der Waals surface area contributed by atoms with Gasteiger partial charge in [0.1, 0.15) is 0 Å².